The number of rotatable bonds is 9. The number of amides is 2. The first-order chi connectivity index (χ1) is 16.5. The molecule has 0 saturated heterocycles. The fourth-order valence-corrected chi connectivity index (χ4v) is 5.55. The zero-order valence-electron chi connectivity index (χ0n) is 19.0. The van der Waals surface area contributed by atoms with Gasteiger partial charge in [0.15, 0.2) is 0 Å². The van der Waals surface area contributed by atoms with Crippen molar-refractivity contribution in [2.45, 2.75) is 37.6 Å². The van der Waals surface area contributed by atoms with Crippen molar-refractivity contribution in [2.24, 2.45) is 5.92 Å². The van der Waals surface area contributed by atoms with Gasteiger partial charge in [-0.2, -0.15) is 11.8 Å². The maximum atomic E-state index is 12.2. The molecule has 34 heavy (non-hydrogen) atoms. The standard InChI is InChI=1S/C26H30N2O5S/c29-24(28-23-12-6-5-11-21(23)25(30)31)16-34-14-13-27-26(32)33-15-22-19-9-3-1-7-17(19)18-8-2-4-10-20(18)22/h1-4,7-10,21-23H,5-6,11-16H2,(H,27,32)(H,28,29)(H,30,31). The van der Waals surface area contributed by atoms with Crippen LogP contribution in [0.25, 0.3) is 11.1 Å². The number of aliphatic carboxylic acids is 1. The smallest absolute Gasteiger partial charge is 0.407 e. The van der Waals surface area contributed by atoms with E-state index in [0.717, 1.165) is 12.8 Å². The fourth-order valence-electron chi connectivity index (χ4n) is 4.89. The van der Waals surface area contributed by atoms with Gasteiger partial charge in [0, 0.05) is 24.3 Å². The quantitative estimate of drug-likeness (QED) is 0.467. The summed E-state index contributed by atoms with van der Waals surface area (Å²) in [5.74, 6) is -0.697. The van der Waals surface area contributed by atoms with Crippen molar-refractivity contribution in [2.75, 3.05) is 24.7 Å². The average molecular weight is 483 g/mol. The van der Waals surface area contributed by atoms with E-state index in [-0.39, 0.29) is 30.2 Å². The lowest BCUT2D eigenvalue weighted by molar-refractivity contribution is -0.144. The van der Waals surface area contributed by atoms with Crippen molar-refractivity contribution in [1.82, 2.24) is 10.6 Å². The van der Waals surface area contributed by atoms with Gasteiger partial charge in [-0.3, -0.25) is 9.59 Å². The highest BCUT2D eigenvalue weighted by Gasteiger charge is 2.32. The van der Waals surface area contributed by atoms with Crippen LogP contribution in [0.2, 0.25) is 0 Å². The molecule has 2 aliphatic rings. The Hall–Kier alpha value is -3.00. The van der Waals surface area contributed by atoms with Crippen molar-refractivity contribution in [3.05, 3.63) is 59.7 Å². The number of thioether (sulfide) groups is 1. The maximum Gasteiger partial charge on any atom is 0.407 e. The third-order valence-electron chi connectivity index (χ3n) is 6.52. The molecule has 2 atom stereocenters. The fraction of sp³-hybridized carbons (Fsp3) is 0.423. The first-order valence-corrected chi connectivity index (χ1v) is 12.9. The molecule has 2 aromatic rings. The normalized spacial score (nSPS) is 19.1. The number of alkyl carbamates (subject to hydrolysis) is 1. The second kappa shape index (κ2) is 11.4. The summed E-state index contributed by atoms with van der Waals surface area (Å²) in [6.07, 6.45) is 2.66. The van der Waals surface area contributed by atoms with Crippen LogP contribution in [0, 0.1) is 5.92 Å². The van der Waals surface area contributed by atoms with Gasteiger partial charge in [-0.25, -0.2) is 4.79 Å². The zero-order chi connectivity index (χ0) is 23.9. The molecule has 0 spiro atoms. The van der Waals surface area contributed by atoms with Gasteiger partial charge in [-0.1, -0.05) is 61.4 Å². The van der Waals surface area contributed by atoms with Gasteiger partial charge in [0.25, 0.3) is 0 Å². The van der Waals surface area contributed by atoms with E-state index in [1.807, 2.05) is 24.3 Å². The Morgan fingerprint density at radius 1 is 0.971 bits per heavy atom. The van der Waals surface area contributed by atoms with Crippen molar-refractivity contribution < 1.29 is 24.2 Å². The molecule has 2 aromatic carbocycles. The van der Waals surface area contributed by atoms with Gasteiger partial charge in [-0.15, -0.1) is 0 Å². The van der Waals surface area contributed by atoms with Crippen molar-refractivity contribution in [3.63, 3.8) is 0 Å². The minimum absolute atomic E-state index is 0.0191. The molecule has 2 amide bonds. The van der Waals surface area contributed by atoms with Crippen LogP contribution in [0.4, 0.5) is 4.79 Å². The molecule has 180 valence electrons. The number of ether oxygens (including phenoxy) is 1. The van der Waals surface area contributed by atoms with E-state index >= 15 is 0 Å². The van der Waals surface area contributed by atoms with Crippen LogP contribution in [-0.4, -0.2) is 53.8 Å². The van der Waals surface area contributed by atoms with Gasteiger partial charge in [0.2, 0.25) is 5.91 Å². The van der Waals surface area contributed by atoms with Crippen LogP contribution < -0.4 is 10.6 Å². The van der Waals surface area contributed by atoms with Crippen LogP contribution in [0.3, 0.4) is 0 Å². The largest absolute Gasteiger partial charge is 0.481 e. The topological polar surface area (TPSA) is 105 Å². The predicted molar refractivity (Wildman–Crippen MR) is 132 cm³/mol. The highest BCUT2D eigenvalue weighted by atomic mass is 32.2. The Bertz CT molecular complexity index is 998. The lowest BCUT2D eigenvalue weighted by Gasteiger charge is -2.29. The number of carbonyl (C=O) groups excluding carboxylic acids is 2. The Morgan fingerprint density at radius 3 is 2.29 bits per heavy atom. The number of benzene rings is 2. The number of carboxylic acids is 1. The summed E-state index contributed by atoms with van der Waals surface area (Å²) in [4.78, 5) is 35.8. The molecule has 7 nitrogen and oxygen atoms in total. The number of carboxylic acid groups (broad SMARTS) is 1. The summed E-state index contributed by atoms with van der Waals surface area (Å²) in [6.45, 7) is 0.650. The molecule has 3 N–H and O–H groups in total. The molecule has 0 aliphatic heterocycles. The van der Waals surface area contributed by atoms with Crippen molar-refractivity contribution >= 4 is 29.7 Å². The lowest BCUT2D eigenvalue weighted by Crippen LogP contribution is -2.45. The van der Waals surface area contributed by atoms with E-state index in [1.54, 1.807) is 0 Å². The molecular formula is C26H30N2O5S. The van der Waals surface area contributed by atoms with E-state index in [9.17, 15) is 19.5 Å². The number of hydrogen-bond acceptors (Lipinski definition) is 5. The van der Waals surface area contributed by atoms with Gasteiger partial charge < -0.3 is 20.5 Å². The molecular weight excluding hydrogens is 452 g/mol. The first-order valence-electron chi connectivity index (χ1n) is 11.7. The zero-order valence-corrected chi connectivity index (χ0v) is 19.8. The van der Waals surface area contributed by atoms with Crippen molar-refractivity contribution in [1.29, 1.82) is 0 Å². The second-order valence-corrected chi connectivity index (χ2v) is 9.81. The number of fused-ring (bicyclic) bond motifs is 3. The average Bonchev–Trinajstić information content (AvgIpc) is 3.16. The molecule has 8 heteroatoms. The van der Waals surface area contributed by atoms with E-state index in [0.29, 0.717) is 25.1 Å². The predicted octanol–water partition coefficient (Wildman–Crippen LogP) is 4.02. The van der Waals surface area contributed by atoms with Gasteiger partial charge >= 0.3 is 12.1 Å². The van der Waals surface area contributed by atoms with Crippen LogP contribution >= 0.6 is 11.8 Å². The van der Waals surface area contributed by atoms with Crippen LogP contribution in [-0.2, 0) is 14.3 Å². The molecule has 0 radical (unpaired) electrons. The van der Waals surface area contributed by atoms with E-state index < -0.39 is 18.0 Å². The highest BCUT2D eigenvalue weighted by molar-refractivity contribution is 7.99. The lowest BCUT2D eigenvalue weighted by atomic mass is 9.84. The summed E-state index contributed by atoms with van der Waals surface area (Å²) in [5, 5.41) is 14.9. The van der Waals surface area contributed by atoms with Gasteiger partial charge in [0.1, 0.15) is 6.61 Å². The maximum absolute atomic E-state index is 12.2. The summed E-state index contributed by atoms with van der Waals surface area (Å²) < 4.78 is 5.51. The monoisotopic (exact) mass is 482 g/mol. The molecule has 2 aliphatic carbocycles. The minimum atomic E-state index is -0.843. The van der Waals surface area contributed by atoms with Gasteiger partial charge in [0.05, 0.1) is 11.7 Å². The molecule has 0 aromatic heterocycles. The Balaban J connectivity index is 1.15. The summed E-state index contributed by atoms with van der Waals surface area (Å²) in [7, 11) is 0. The number of carbonyl (C=O) groups is 3. The molecule has 1 saturated carbocycles. The Morgan fingerprint density at radius 2 is 1.62 bits per heavy atom. The number of hydrogen-bond donors (Lipinski definition) is 3. The van der Waals surface area contributed by atoms with Crippen LogP contribution in [0.15, 0.2) is 48.5 Å². The number of nitrogens with one attached hydrogen (secondary N) is 2. The van der Waals surface area contributed by atoms with E-state index in [1.165, 1.54) is 34.0 Å². The van der Waals surface area contributed by atoms with Crippen LogP contribution in [0.5, 0.6) is 0 Å². The third-order valence-corrected chi connectivity index (χ3v) is 7.48. The van der Waals surface area contributed by atoms with Gasteiger partial charge in [-0.05, 0) is 35.1 Å². The Labute approximate surface area is 203 Å². The van der Waals surface area contributed by atoms with E-state index in [2.05, 4.69) is 34.9 Å². The molecule has 4 rings (SSSR count). The first kappa shape index (κ1) is 24.1. The van der Waals surface area contributed by atoms with Crippen LogP contribution in [0.1, 0.15) is 42.7 Å². The molecule has 2 unspecified atom stereocenters. The van der Waals surface area contributed by atoms with Crippen molar-refractivity contribution in [3.8, 4) is 11.1 Å². The second-order valence-electron chi connectivity index (χ2n) is 8.71. The summed E-state index contributed by atoms with van der Waals surface area (Å²) in [6, 6.07) is 16.1. The third kappa shape index (κ3) is 5.73. The SMILES string of the molecule is O=C(CSCCNC(=O)OCC1c2ccccc2-c2ccccc21)NC1CCCCC1C(=O)O. The summed E-state index contributed by atoms with van der Waals surface area (Å²) >= 11 is 1.40. The minimum Gasteiger partial charge on any atom is -0.481 e. The van der Waals surface area contributed by atoms with E-state index in [4.69, 9.17) is 4.74 Å². The molecule has 1 fully saturated rings. The molecule has 0 heterocycles. The highest BCUT2D eigenvalue weighted by Crippen LogP contribution is 2.44. The molecule has 0 bridgehead atoms. The Kier molecular flexibility index (Phi) is 8.11. The summed E-state index contributed by atoms with van der Waals surface area (Å²) in [5.41, 5.74) is 4.71.